The number of rotatable bonds is 5. The summed E-state index contributed by atoms with van der Waals surface area (Å²) in [6.45, 7) is 5.65. The van der Waals surface area contributed by atoms with Crippen LogP contribution in [0.1, 0.15) is 33.1 Å². The topological polar surface area (TPSA) is 29.5 Å². The van der Waals surface area contributed by atoms with Gasteiger partial charge in [-0.25, -0.2) is 0 Å². The molecule has 0 spiro atoms. The first kappa shape index (κ1) is 11.0. The Morgan fingerprint density at radius 2 is 2.31 bits per heavy atom. The third kappa shape index (κ3) is 2.23. The van der Waals surface area contributed by atoms with Gasteiger partial charge in [0.15, 0.2) is 0 Å². The molecule has 1 unspecified atom stereocenters. The van der Waals surface area contributed by atoms with E-state index in [1.165, 1.54) is 12.8 Å². The average molecular weight is 186 g/mol. The Hall–Kier alpha value is -0.0800. The summed E-state index contributed by atoms with van der Waals surface area (Å²) in [7, 11) is 1.76. The van der Waals surface area contributed by atoms with Crippen LogP contribution in [0.4, 0.5) is 0 Å². The molecule has 0 heterocycles. The maximum absolute atomic E-state index is 9.10. The van der Waals surface area contributed by atoms with E-state index in [4.69, 9.17) is 9.84 Å². The largest absolute Gasteiger partial charge is 0.396 e. The van der Waals surface area contributed by atoms with Crippen molar-refractivity contribution >= 4 is 0 Å². The molecule has 0 amide bonds. The molecule has 0 aromatic carbocycles. The van der Waals surface area contributed by atoms with E-state index in [0.717, 1.165) is 13.0 Å². The molecule has 13 heavy (non-hydrogen) atoms. The van der Waals surface area contributed by atoms with Crippen molar-refractivity contribution in [2.24, 2.45) is 17.3 Å². The van der Waals surface area contributed by atoms with Crippen LogP contribution >= 0.6 is 0 Å². The summed E-state index contributed by atoms with van der Waals surface area (Å²) < 4.78 is 5.11. The fourth-order valence-corrected chi connectivity index (χ4v) is 2.55. The maximum atomic E-state index is 9.10. The number of aliphatic hydroxyl groups excluding tert-OH is 1. The van der Waals surface area contributed by atoms with E-state index in [0.29, 0.717) is 23.9 Å². The highest BCUT2D eigenvalue weighted by atomic mass is 16.5. The Labute approximate surface area is 81.3 Å². The lowest BCUT2D eigenvalue weighted by atomic mass is 9.56. The Morgan fingerprint density at radius 3 is 2.69 bits per heavy atom. The molecule has 1 aliphatic carbocycles. The van der Waals surface area contributed by atoms with E-state index in [1.807, 2.05) is 0 Å². The number of methoxy groups -OCH3 is 1. The molecule has 1 saturated carbocycles. The quantitative estimate of drug-likeness (QED) is 0.712. The summed E-state index contributed by atoms with van der Waals surface area (Å²) in [5.74, 6) is 1.16. The highest BCUT2D eigenvalue weighted by Gasteiger charge is 2.44. The molecule has 0 radical (unpaired) electrons. The summed E-state index contributed by atoms with van der Waals surface area (Å²) in [6.07, 6.45) is 3.71. The first-order valence-electron chi connectivity index (χ1n) is 5.24. The van der Waals surface area contributed by atoms with Crippen LogP contribution in [0.25, 0.3) is 0 Å². The normalized spacial score (nSPS) is 35.5. The van der Waals surface area contributed by atoms with E-state index in [1.54, 1.807) is 7.11 Å². The molecule has 0 saturated heterocycles. The van der Waals surface area contributed by atoms with Crippen LogP contribution in [0.5, 0.6) is 0 Å². The maximum Gasteiger partial charge on any atom is 0.0467 e. The molecule has 0 aromatic heterocycles. The highest BCUT2D eigenvalue weighted by Crippen LogP contribution is 2.52. The lowest BCUT2D eigenvalue weighted by Crippen LogP contribution is -2.43. The minimum absolute atomic E-state index is 0.327. The second-order valence-electron chi connectivity index (χ2n) is 4.70. The Bertz CT molecular complexity index is 158. The van der Waals surface area contributed by atoms with E-state index in [2.05, 4.69) is 13.8 Å². The number of aliphatic hydroxyl groups is 1. The predicted molar refractivity (Wildman–Crippen MR) is 53.6 cm³/mol. The zero-order valence-corrected chi connectivity index (χ0v) is 9.05. The number of hydrogen-bond donors (Lipinski definition) is 1. The van der Waals surface area contributed by atoms with Gasteiger partial charge in [-0.2, -0.15) is 0 Å². The Balaban J connectivity index is 2.40. The fraction of sp³-hybridized carbons (Fsp3) is 1.00. The van der Waals surface area contributed by atoms with Crippen molar-refractivity contribution in [3.63, 3.8) is 0 Å². The standard InChI is InChI=1S/C11H22O2/c1-9(8-12)10-4-5-11(10,2)6-7-13-3/h9-10,12H,4-8H2,1-3H3/t9?,10-,11-/m1/s1. The van der Waals surface area contributed by atoms with Crippen LogP contribution in [-0.4, -0.2) is 25.4 Å². The third-order valence-corrected chi connectivity index (χ3v) is 3.77. The fourth-order valence-electron chi connectivity index (χ4n) is 2.55. The van der Waals surface area contributed by atoms with Crippen molar-refractivity contribution < 1.29 is 9.84 Å². The van der Waals surface area contributed by atoms with Gasteiger partial charge in [0, 0.05) is 20.3 Å². The van der Waals surface area contributed by atoms with Crippen molar-refractivity contribution in [3.05, 3.63) is 0 Å². The monoisotopic (exact) mass is 186 g/mol. The molecule has 0 bridgehead atoms. The van der Waals surface area contributed by atoms with Gasteiger partial charge in [0.25, 0.3) is 0 Å². The van der Waals surface area contributed by atoms with E-state index in [-0.39, 0.29) is 0 Å². The van der Waals surface area contributed by atoms with Gasteiger partial charge < -0.3 is 9.84 Å². The molecule has 78 valence electrons. The molecular formula is C11H22O2. The van der Waals surface area contributed by atoms with Crippen molar-refractivity contribution in [2.45, 2.75) is 33.1 Å². The van der Waals surface area contributed by atoms with Gasteiger partial charge in [-0.1, -0.05) is 13.8 Å². The van der Waals surface area contributed by atoms with Crippen LogP contribution in [0.3, 0.4) is 0 Å². The highest BCUT2D eigenvalue weighted by molar-refractivity contribution is 4.94. The molecule has 0 aliphatic heterocycles. The third-order valence-electron chi connectivity index (χ3n) is 3.77. The summed E-state index contributed by atoms with van der Waals surface area (Å²) in [5.41, 5.74) is 0.429. The number of hydrogen-bond acceptors (Lipinski definition) is 2. The zero-order chi connectivity index (χ0) is 9.90. The lowest BCUT2D eigenvalue weighted by molar-refractivity contribution is -0.0325. The predicted octanol–water partition coefficient (Wildman–Crippen LogP) is 2.07. The van der Waals surface area contributed by atoms with E-state index >= 15 is 0 Å². The lowest BCUT2D eigenvalue weighted by Gasteiger charge is -2.50. The smallest absolute Gasteiger partial charge is 0.0467 e. The minimum atomic E-state index is 0.327. The van der Waals surface area contributed by atoms with Gasteiger partial charge >= 0.3 is 0 Å². The molecule has 2 heteroatoms. The molecule has 2 nitrogen and oxygen atoms in total. The Morgan fingerprint density at radius 1 is 1.62 bits per heavy atom. The first-order valence-corrected chi connectivity index (χ1v) is 5.24. The molecule has 1 fully saturated rings. The van der Waals surface area contributed by atoms with Gasteiger partial charge in [0.1, 0.15) is 0 Å². The average Bonchev–Trinajstić information content (AvgIpc) is 2.12. The van der Waals surface area contributed by atoms with E-state index < -0.39 is 0 Å². The van der Waals surface area contributed by atoms with Crippen molar-refractivity contribution in [2.75, 3.05) is 20.3 Å². The zero-order valence-electron chi connectivity index (χ0n) is 9.05. The second-order valence-corrected chi connectivity index (χ2v) is 4.70. The molecular weight excluding hydrogens is 164 g/mol. The van der Waals surface area contributed by atoms with Crippen LogP contribution in [0.15, 0.2) is 0 Å². The summed E-state index contributed by atoms with van der Waals surface area (Å²) in [5, 5.41) is 9.10. The van der Waals surface area contributed by atoms with Crippen LogP contribution in [-0.2, 0) is 4.74 Å². The Kier molecular flexibility index (Phi) is 3.74. The second kappa shape index (κ2) is 4.43. The first-order chi connectivity index (χ1) is 6.14. The van der Waals surface area contributed by atoms with Gasteiger partial charge in [-0.05, 0) is 36.5 Å². The number of ether oxygens (including phenoxy) is 1. The summed E-state index contributed by atoms with van der Waals surface area (Å²) >= 11 is 0. The van der Waals surface area contributed by atoms with Crippen molar-refractivity contribution in [1.29, 1.82) is 0 Å². The minimum Gasteiger partial charge on any atom is -0.396 e. The van der Waals surface area contributed by atoms with E-state index in [9.17, 15) is 0 Å². The molecule has 0 aromatic rings. The van der Waals surface area contributed by atoms with Gasteiger partial charge in [-0.3, -0.25) is 0 Å². The van der Waals surface area contributed by atoms with Gasteiger partial charge in [0.05, 0.1) is 0 Å². The molecule has 3 atom stereocenters. The summed E-state index contributed by atoms with van der Waals surface area (Å²) in [6, 6.07) is 0. The van der Waals surface area contributed by atoms with Crippen LogP contribution in [0.2, 0.25) is 0 Å². The van der Waals surface area contributed by atoms with Crippen LogP contribution in [0, 0.1) is 17.3 Å². The molecule has 1 rings (SSSR count). The SMILES string of the molecule is COCC[C@@]1(C)CC[C@@H]1C(C)CO. The van der Waals surface area contributed by atoms with Gasteiger partial charge in [-0.15, -0.1) is 0 Å². The summed E-state index contributed by atoms with van der Waals surface area (Å²) in [4.78, 5) is 0. The van der Waals surface area contributed by atoms with Crippen molar-refractivity contribution in [3.8, 4) is 0 Å². The van der Waals surface area contributed by atoms with Crippen molar-refractivity contribution in [1.82, 2.24) is 0 Å². The van der Waals surface area contributed by atoms with Crippen LogP contribution < -0.4 is 0 Å². The van der Waals surface area contributed by atoms with Gasteiger partial charge in [0.2, 0.25) is 0 Å². The molecule has 1 N–H and O–H groups in total. The molecule has 1 aliphatic rings.